The van der Waals surface area contributed by atoms with Crippen LogP contribution in [0.2, 0.25) is 0 Å². The molecule has 0 spiro atoms. The number of H-pyrrole nitrogens is 2. The van der Waals surface area contributed by atoms with Crippen LogP contribution in [0.1, 0.15) is 5.56 Å². The normalized spacial score (nSPS) is 11.5. The fraction of sp³-hybridized carbons (Fsp3) is 0.0400. The van der Waals surface area contributed by atoms with Crippen LogP contribution < -0.4 is 0 Å². The van der Waals surface area contributed by atoms with Crippen LogP contribution in [0.5, 0.6) is 0 Å². The van der Waals surface area contributed by atoms with E-state index in [9.17, 15) is 4.39 Å². The number of imidazole rings is 1. The molecule has 4 heterocycles. The van der Waals surface area contributed by atoms with E-state index in [4.69, 9.17) is 4.98 Å². The number of fused-ring (bicyclic) bond motifs is 2. The molecule has 6 rings (SSSR count). The number of nitrogens with one attached hydrogen (secondary N) is 2. The Labute approximate surface area is 186 Å². The van der Waals surface area contributed by atoms with Gasteiger partial charge < -0.3 is 4.98 Å². The van der Waals surface area contributed by atoms with Crippen LogP contribution in [0, 0.1) is 18.6 Å². The largest absolute Gasteiger partial charge is 0.321 e. The highest BCUT2D eigenvalue weighted by molar-refractivity contribution is 5.98. The maximum atomic E-state index is 15.8. The molecule has 160 valence electrons. The standard InChI is InChI=1S/C25H16F2N6/c1-13-8-10-28-12-18(13)17-6-7-19-20(21(17)27)23(33-32-19)25-30-22-16(9-11-29-24(22)31-25)14-2-4-15(26)5-3-14/h2-12H,1H3,(H,32,33)(H,29,30,31). The monoisotopic (exact) mass is 438 g/mol. The lowest BCUT2D eigenvalue weighted by atomic mass is 10.00. The van der Waals surface area contributed by atoms with Crippen molar-refractivity contribution in [1.29, 1.82) is 0 Å². The molecule has 0 radical (unpaired) electrons. The number of aromatic nitrogens is 6. The summed E-state index contributed by atoms with van der Waals surface area (Å²) >= 11 is 0. The minimum Gasteiger partial charge on any atom is -0.321 e. The Balaban J connectivity index is 1.55. The van der Waals surface area contributed by atoms with E-state index >= 15 is 4.39 Å². The van der Waals surface area contributed by atoms with Crippen LogP contribution in [0.15, 0.2) is 67.1 Å². The molecule has 6 nitrogen and oxygen atoms in total. The van der Waals surface area contributed by atoms with Gasteiger partial charge in [0.05, 0.1) is 10.9 Å². The molecular formula is C25H16F2N6. The van der Waals surface area contributed by atoms with Gasteiger partial charge in [0.15, 0.2) is 11.5 Å². The van der Waals surface area contributed by atoms with Gasteiger partial charge in [-0.05, 0) is 54.4 Å². The van der Waals surface area contributed by atoms with Crippen molar-refractivity contribution in [1.82, 2.24) is 30.1 Å². The summed E-state index contributed by atoms with van der Waals surface area (Å²) in [6.07, 6.45) is 4.98. The molecule has 4 aromatic heterocycles. The lowest BCUT2D eigenvalue weighted by Gasteiger charge is -2.07. The summed E-state index contributed by atoms with van der Waals surface area (Å²) in [4.78, 5) is 16.3. The van der Waals surface area contributed by atoms with Crippen molar-refractivity contribution < 1.29 is 8.78 Å². The van der Waals surface area contributed by atoms with Crippen molar-refractivity contribution in [3.63, 3.8) is 0 Å². The molecule has 0 amide bonds. The van der Waals surface area contributed by atoms with Gasteiger partial charge in [-0.25, -0.2) is 18.7 Å². The summed E-state index contributed by atoms with van der Waals surface area (Å²) in [5.74, 6) is -0.332. The minimum absolute atomic E-state index is 0.315. The Kier molecular flexibility index (Phi) is 4.26. The maximum Gasteiger partial charge on any atom is 0.161 e. The summed E-state index contributed by atoms with van der Waals surface area (Å²) in [6, 6.07) is 13.3. The lowest BCUT2D eigenvalue weighted by Crippen LogP contribution is -1.91. The van der Waals surface area contributed by atoms with Crippen molar-refractivity contribution in [3.8, 4) is 33.8 Å². The summed E-state index contributed by atoms with van der Waals surface area (Å²) in [7, 11) is 0. The van der Waals surface area contributed by atoms with Gasteiger partial charge in [0, 0.05) is 35.3 Å². The molecule has 0 bridgehead atoms. The van der Waals surface area contributed by atoms with Gasteiger partial charge in [0.1, 0.15) is 22.8 Å². The van der Waals surface area contributed by atoms with Crippen LogP contribution in [0.4, 0.5) is 8.78 Å². The van der Waals surface area contributed by atoms with Gasteiger partial charge in [-0.1, -0.05) is 12.1 Å². The Hall–Kier alpha value is -4.46. The molecule has 6 aromatic rings. The molecule has 0 unspecified atom stereocenters. The van der Waals surface area contributed by atoms with Crippen LogP contribution in [0.25, 0.3) is 55.8 Å². The smallest absolute Gasteiger partial charge is 0.161 e. The highest BCUT2D eigenvalue weighted by Crippen LogP contribution is 2.35. The van der Waals surface area contributed by atoms with Gasteiger partial charge in [-0.3, -0.25) is 10.1 Å². The third kappa shape index (κ3) is 3.07. The number of aromatic amines is 2. The molecule has 0 aliphatic carbocycles. The van der Waals surface area contributed by atoms with Crippen LogP contribution >= 0.6 is 0 Å². The van der Waals surface area contributed by atoms with Crippen molar-refractivity contribution in [3.05, 3.63) is 84.3 Å². The van der Waals surface area contributed by atoms with E-state index in [1.165, 1.54) is 12.1 Å². The number of halogens is 2. The first-order valence-corrected chi connectivity index (χ1v) is 10.3. The van der Waals surface area contributed by atoms with Crippen molar-refractivity contribution in [2.45, 2.75) is 6.92 Å². The average Bonchev–Trinajstić information content (AvgIpc) is 3.45. The number of aryl methyl sites for hydroxylation is 1. The fourth-order valence-corrected chi connectivity index (χ4v) is 4.08. The quantitative estimate of drug-likeness (QED) is 0.365. The topological polar surface area (TPSA) is 83.1 Å². The van der Waals surface area contributed by atoms with E-state index in [1.54, 1.807) is 42.9 Å². The Morgan fingerprint density at radius 1 is 0.848 bits per heavy atom. The van der Waals surface area contributed by atoms with Crippen molar-refractivity contribution >= 4 is 22.1 Å². The second-order valence-electron chi connectivity index (χ2n) is 7.76. The van der Waals surface area contributed by atoms with Gasteiger partial charge in [-0.15, -0.1) is 0 Å². The highest BCUT2D eigenvalue weighted by atomic mass is 19.1. The highest BCUT2D eigenvalue weighted by Gasteiger charge is 2.21. The SMILES string of the molecule is Cc1ccncc1-c1ccc2[nH]nc(-c3nc4c(-c5ccc(F)cc5)ccnc4[nH]3)c2c1F. The number of rotatable bonds is 3. The zero-order valence-corrected chi connectivity index (χ0v) is 17.4. The van der Waals surface area contributed by atoms with E-state index in [1.807, 2.05) is 19.1 Å². The second kappa shape index (κ2) is 7.30. The fourth-order valence-electron chi connectivity index (χ4n) is 4.08. The van der Waals surface area contributed by atoms with E-state index in [0.29, 0.717) is 44.7 Å². The first kappa shape index (κ1) is 19.2. The third-order valence-corrected chi connectivity index (χ3v) is 5.76. The summed E-state index contributed by atoms with van der Waals surface area (Å²) in [6.45, 7) is 1.92. The lowest BCUT2D eigenvalue weighted by molar-refractivity contribution is 0.628. The van der Waals surface area contributed by atoms with E-state index in [0.717, 1.165) is 16.7 Å². The predicted molar refractivity (Wildman–Crippen MR) is 122 cm³/mol. The molecule has 0 fully saturated rings. The average molecular weight is 438 g/mol. The molecule has 2 aromatic carbocycles. The number of hydrogen-bond acceptors (Lipinski definition) is 4. The Morgan fingerprint density at radius 3 is 2.52 bits per heavy atom. The Bertz CT molecular complexity index is 1650. The van der Waals surface area contributed by atoms with Gasteiger partial charge in [0.2, 0.25) is 0 Å². The maximum absolute atomic E-state index is 15.8. The molecule has 33 heavy (non-hydrogen) atoms. The van der Waals surface area contributed by atoms with Crippen LogP contribution in [-0.4, -0.2) is 30.1 Å². The van der Waals surface area contributed by atoms with Crippen molar-refractivity contribution in [2.24, 2.45) is 0 Å². The summed E-state index contributed by atoms with van der Waals surface area (Å²) in [5.41, 5.74) is 5.70. The van der Waals surface area contributed by atoms with Gasteiger partial charge >= 0.3 is 0 Å². The number of benzene rings is 2. The summed E-state index contributed by atoms with van der Waals surface area (Å²) in [5, 5.41) is 7.56. The molecular weight excluding hydrogens is 422 g/mol. The summed E-state index contributed by atoms with van der Waals surface area (Å²) < 4.78 is 29.2. The minimum atomic E-state index is -0.403. The molecule has 2 N–H and O–H groups in total. The van der Waals surface area contributed by atoms with E-state index in [2.05, 4.69) is 25.1 Å². The van der Waals surface area contributed by atoms with E-state index < -0.39 is 5.82 Å². The molecule has 0 saturated heterocycles. The van der Waals surface area contributed by atoms with Crippen molar-refractivity contribution in [2.75, 3.05) is 0 Å². The third-order valence-electron chi connectivity index (χ3n) is 5.76. The Morgan fingerprint density at radius 2 is 1.70 bits per heavy atom. The molecule has 8 heteroatoms. The second-order valence-corrected chi connectivity index (χ2v) is 7.76. The molecule has 0 atom stereocenters. The molecule has 0 saturated carbocycles. The van der Waals surface area contributed by atoms with E-state index in [-0.39, 0.29) is 5.82 Å². The van der Waals surface area contributed by atoms with Crippen LogP contribution in [0.3, 0.4) is 0 Å². The molecule has 0 aliphatic heterocycles. The zero-order chi connectivity index (χ0) is 22.5. The van der Waals surface area contributed by atoms with Crippen LogP contribution in [-0.2, 0) is 0 Å². The number of hydrogen-bond donors (Lipinski definition) is 2. The number of nitrogens with zero attached hydrogens (tertiary/aromatic N) is 4. The van der Waals surface area contributed by atoms with Gasteiger partial charge in [-0.2, -0.15) is 5.10 Å². The first-order valence-electron chi connectivity index (χ1n) is 10.3. The predicted octanol–water partition coefficient (Wildman–Crippen LogP) is 5.82. The first-order chi connectivity index (χ1) is 16.1. The van der Waals surface area contributed by atoms with Gasteiger partial charge in [0.25, 0.3) is 0 Å². The molecule has 0 aliphatic rings. The zero-order valence-electron chi connectivity index (χ0n) is 17.4. The number of pyridine rings is 2.